The van der Waals surface area contributed by atoms with Crippen LogP contribution in [0.4, 0.5) is 5.69 Å². The van der Waals surface area contributed by atoms with Crippen LogP contribution in [0.2, 0.25) is 5.02 Å². The van der Waals surface area contributed by atoms with E-state index in [-0.39, 0.29) is 0 Å². The molecule has 0 spiro atoms. The van der Waals surface area contributed by atoms with E-state index in [4.69, 9.17) is 16.0 Å². The average molecular weight is 383 g/mol. The van der Waals surface area contributed by atoms with Crippen LogP contribution in [0.1, 0.15) is 17.0 Å². The second kappa shape index (κ2) is 7.71. The van der Waals surface area contributed by atoms with Crippen molar-refractivity contribution in [2.75, 3.05) is 31.1 Å². The average Bonchev–Trinajstić information content (AvgIpc) is 3.11. The maximum atomic E-state index is 6.21. The van der Waals surface area contributed by atoms with Crippen LogP contribution in [-0.2, 0) is 6.54 Å². The zero-order valence-electron chi connectivity index (χ0n) is 15.7. The topological polar surface area (TPSA) is 45.4 Å². The highest BCUT2D eigenvalue weighted by atomic mass is 35.5. The van der Waals surface area contributed by atoms with Crippen LogP contribution in [0, 0.1) is 13.8 Å². The summed E-state index contributed by atoms with van der Waals surface area (Å²) in [4.78, 5) is 4.80. The number of aromatic nitrogens is 2. The van der Waals surface area contributed by atoms with E-state index in [1.165, 1.54) is 16.8 Å². The second-order valence-corrected chi connectivity index (χ2v) is 7.44. The Morgan fingerprint density at radius 3 is 2.52 bits per heavy atom. The minimum atomic E-state index is 0.476. The summed E-state index contributed by atoms with van der Waals surface area (Å²) < 4.78 is 5.84. The van der Waals surface area contributed by atoms with E-state index < -0.39 is 0 Å². The smallest absolute Gasteiger partial charge is 0.249 e. The van der Waals surface area contributed by atoms with E-state index in [0.717, 1.165) is 31.7 Å². The molecule has 1 aliphatic rings. The minimum absolute atomic E-state index is 0.476. The highest BCUT2D eigenvalue weighted by Gasteiger charge is 2.21. The van der Waals surface area contributed by atoms with Gasteiger partial charge in [-0.1, -0.05) is 41.4 Å². The number of anilines is 1. The number of rotatable bonds is 4. The van der Waals surface area contributed by atoms with Crippen molar-refractivity contribution in [1.82, 2.24) is 15.1 Å². The Hall–Kier alpha value is -2.37. The molecular weight excluding hydrogens is 360 g/mol. The van der Waals surface area contributed by atoms with Crippen molar-refractivity contribution in [2.24, 2.45) is 0 Å². The highest BCUT2D eigenvalue weighted by molar-refractivity contribution is 6.33. The molecule has 0 amide bonds. The lowest BCUT2D eigenvalue weighted by Crippen LogP contribution is -2.46. The van der Waals surface area contributed by atoms with Gasteiger partial charge in [-0.15, -0.1) is 10.2 Å². The summed E-state index contributed by atoms with van der Waals surface area (Å²) in [5, 5.41) is 8.98. The number of hydrogen-bond acceptors (Lipinski definition) is 5. The number of nitrogens with zero attached hydrogens (tertiary/aromatic N) is 4. The zero-order valence-corrected chi connectivity index (χ0v) is 16.4. The normalized spacial score (nSPS) is 15.3. The molecule has 0 unspecified atom stereocenters. The van der Waals surface area contributed by atoms with Gasteiger partial charge in [-0.3, -0.25) is 4.90 Å². The maximum absolute atomic E-state index is 6.21. The summed E-state index contributed by atoms with van der Waals surface area (Å²) in [6, 6.07) is 14.2. The summed E-state index contributed by atoms with van der Waals surface area (Å²) in [6.07, 6.45) is 0. The maximum Gasteiger partial charge on any atom is 0.249 e. The zero-order chi connectivity index (χ0) is 18.8. The van der Waals surface area contributed by atoms with E-state index in [1.807, 2.05) is 24.3 Å². The summed E-state index contributed by atoms with van der Waals surface area (Å²) in [5.41, 5.74) is 4.75. The Bertz CT molecular complexity index is 931. The lowest BCUT2D eigenvalue weighted by atomic mass is 10.1. The highest BCUT2D eigenvalue weighted by Crippen LogP contribution is 2.27. The Morgan fingerprint density at radius 2 is 1.78 bits per heavy atom. The van der Waals surface area contributed by atoms with E-state index >= 15 is 0 Å². The number of halogens is 1. The van der Waals surface area contributed by atoms with Crippen LogP contribution in [0.3, 0.4) is 0 Å². The van der Waals surface area contributed by atoms with Gasteiger partial charge in [-0.25, -0.2) is 0 Å². The molecule has 1 fully saturated rings. The third kappa shape index (κ3) is 3.99. The van der Waals surface area contributed by atoms with Crippen LogP contribution in [0.15, 0.2) is 46.9 Å². The third-order valence-corrected chi connectivity index (χ3v) is 5.32. The van der Waals surface area contributed by atoms with Gasteiger partial charge in [0.2, 0.25) is 11.8 Å². The van der Waals surface area contributed by atoms with Crippen LogP contribution >= 0.6 is 11.6 Å². The molecule has 0 aliphatic carbocycles. The van der Waals surface area contributed by atoms with Crippen molar-refractivity contribution in [3.8, 4) is 11.5 Å². The first-order valence-electron chi connectivity index (χ1n) is 9.22. The number of benzene rings is 2. The molecule has 0 N–H and O–H groups in total. The predicted octanol–water partition coefficient (Wildman–Crippen LogP) is 4.33. The minimum Gasteiger partial charge on any atom is -0.419 e. The molecule has 4 rings (SSSR count). The van der Waals surface area contributed by atoms with Crippen LogP contribution in [-0.4, -0.2) is 41.3 Å². The Kier molecular flexibility index (Phi) is 5.14. The fourth-order valence-corrected chi connectivity index (χ4v) is 3.78. The van der Waals surface area contributed by atoms with E-state index in [2.05, 4.69) is 52.0 Å². The fourth-order valence-electron chi connectivity index (χ4n) is 3.56. The summed E-state index contributed by atoms with van der Waals surface area (Å²) in [5.74, 6) is 1.11. The molecule has 2 heterocycles. The van der Waals surface area contributed by atoms with Crippen molar-refractivity contribution >= 4 is 17.3 Å². The first-order chi connectivity index (χ1) is 13.1. The summed E-state index contributed by atoms with van der Waals surface area (Å²) in [7, 11) is 0. The Morgan fingerprint density at radius 1 is 1.00 bits per heavy atom. The second-order valence-electron chi connectivity index (χ2n) is 7.03. The molecule has 0 atom stereocenters. The molecule has 140 valence electrons. The van der Waals surface area contributed by atoms with E-state index in [0.29, 0.717) is 23.3 Å². The standard InChI is InChI=1S/C21H23ClN4O/c1-15-7-8-19(16(2)13-15)26-11-9-25(10-12-26)14-20-23-24-21(27-20)17-5-3-4-6-18(17)22/h3-8,13H,9-12,14H2,1-2H3. The van der Waals surface area contributed by atoms with E-state index in [1.54, 1.807) is 0 Å². The molecular formula is C21H23ClN4O. The van der Waals surface area contributed by atoms with Crippen LogP contribution in [0.5, 0.6) is 0 Å². The van der Waals surface area contributed by atoms with Gasteiger partial charge in [0, 0.05) is 31.9 Å². The quantitative estimate of drug-likeness (QED) is 0.672. The lowest BCUT2D eigenvalue weighted by molar-refractivity contribution is 0.227. The molecule has 1 aliphatic heterocycles. The van der Waals surface area contributed by atoms with Gasteiger partial charge in [0.25, 0.3) is 0 Å². The Labute approximate surface area is 164 Å². The molecule has 2 aromatic carbocycles. The fraction of sp³-hybridized carbons (Fsp3) is 0.333. The van der Waals surface area contributed by atoms with Gasteiger partial charge < -0.3 is 9.32 Å². The molecule has 0 saturated carbocycles. The van der Waals surface area contributed by atoms with Gasteiger partial charge in [0.1, 0.15) is 0 Å². The molecule has 1 aromatic heterocycles. The number of piperazine rings is 1. The van der Waals surface area contributed by atoms with Crippen LogP contribution in [0.25, 0.3) is 11.5 Å². The summed E-state index contributed by atoms with van der Waals surface area (Å²) in [6.45, 7) is 8.91. The first-order valence-corrected chi connectivity index (χ1v) is 9.60. The lowest BCUT2D eigenvalue weighted by Gasteiger charge is -2.36. The summed E-state index contributed by atoms with van der Waals surface area (Å²) >= 11 is 6.21. The number of aryl methyl sites for hydroxylation is 2. The molecule has 5 nitrogen and oxygen atoms in total. The third-order valence-electron chi connectivity index (χ3n) is 5.00. The molecule has 0 bridgehead atoms. The van der Waals surface area contributed by atoms with Gasteiger partial charge in [0.15, 0.2) is 0 Å². The van der Waals surface area contributed by atoms with Crippen molar-refractivity contribution < 1.29 is 4.42 Å². The molecule has 0 radical (unpaired) electrons. The van der Waals surface area contributed by atoms with E-state index in [9.17, 15) is 0 Å². The molecule has 6 heteroatoms. The molecule has 1 saturated heterocycles. The predicted molar refractivity (Wildman–Crippen MR) is 108 cm³/mol. The number of hydrogen-bond donors (Lipinski definition) is 0. The molecule has 3 aromatic rings. The van der Waals surface area contributed by atoms with Crippen LogP contribution < -0.4 is 4.90 Å². The van der Waals surface area contributed by atoms with Crippen molar-refractivity contribution in [1.29, 1.82) is 0 Å². The van der Waals surface area contributed by atoms with Crippen molar-refractivity contribution in [3.05, 3.63) is 64.5 Å². The monoisotopic (exact) mass is 382 g/mol. The van der Waals surface area contributed by atoms with Gasteiger partial charge in [0.05, 0.1) is 17.1 Å². The van der Waals surface area contributed by atoms with Crippen molar-refractivity contribution in [3.63, 3.8) is 0 Å². The largest absolute Gasteiger partial charge is 0.419 e. The molecule has 27 heavy (non-hydrogen) atoms. The van der Waals surface area contributed by atoms with Crippen molar-refractivity contribution in [2.45, 2.75) is 20.4 Å². The van der Waals surface area contributed by atoms with Gasteiger partial charge in [-0.2, -0.15) is 0 Å². The first kappa shape index (κ1) is 18.0. The SMILES string of the molecule is Cc1ccc(N2CCN(Cc3nnc(-c4ccccc4Cl)o3)CC2)c(C)c1. The van der Waals surface area contributed by atoms with Gasteiger partial charge in [-0.05, 0) is 37.6 Å². The van der Waals surface area contributed by atoms with Gasteiger partial charge >= 0.3 is 0 Å². The Balaban J connectivity index is 1.38.